The molecule has 0 radical (unpaired) electrons. The molecule has 3 aromatic carbocycles. The number of amides is 1. The molecule has 1 amide bonds. The van der Waals surface area contributed by atoms with E-state index in [9.17, 15) is 18.0 Å². The van der Waals surface area contributed by atoms with Gasteiger partial charge in [-0.05, 0) is 34.7 Å². The summed E-state index contributed by atoms with van der Waals surface area (Å²) in [7, 11) is -4.01. The van der Waals surface area contributed by atoms with E-state index in [2.05, 4.69) is 26.1 Å². The zero-order chi connectivity index (χ0) is 24.5. The zero-order valence-corrected chi connectivity index (χ0v) is 20.3. The van der Waals surface area contributed by atoms with Gasteiger partial charge in [0, 0.05) is 12.0 Å². The topological polar surface area (TPSA) is 83.6 Å². The minimum absolute atomic E-state index is 0.115. The molecule has 0 unspecified atom stereocenters. The lowest BCUT2D eigenvalue weighted by atomic mass is 9.87. The molecule has 0 aliphatic carbocycles. The van der Waals surface area contributed by atoms with Crippen LogP contribution in [0.25, 0.3) is 0 Å². The Bertz CT molecular complexity index is 1310. The van der Waals surface area contributed by atoms with E-state index >= 15 is 0 Å². The minimum Gasteiger partial charge on any atom is -0.347 e. The Balaban J connectivity index is 1.61. The molecular formula is C27H28N2O4S. The Morgan fingerprint density at radius 3 is 2.18 bits per heavy atom. The van der Waals surface area contributed by atoms with Crippen LogP contribution in [0, 0.1) is 0 Å². The van der Waals surface area contributed by atoms with Crippen LogP contribution in [0.3, 0.4) is 0 Å². The van der Waals surface area contributed by atoms with E-state index in [4.69, 9.17) is 0 Å². The number of para-hydroxylation sites is 1. The van der Waals surface area contributed by atoms with Crippen molar-refractivity contribution in [1.82, 2.24) is 5.32 Å². The third-order valence-electron chi connectivity index (χ3n) is 6.02. The summed E-state index contributed by atoms with van der Waals surface area (Å²) in [6.45, 7) is 5.98. The van der Waals surface area contributed by atoms with E-state index < -0.39 is 22.0 Å². The minimum atomic E-state index is -4.01. The van der Waals surface area contributed by atoms with Gasteiger partial charge in [0.1, 0.15) is 6.04 Å². The molecule has 1 atom stereocenters. The first-order chi connectivity index (χ1) is 16.1. The number of nitrogens with one attached hydrogen (secondary N) is 1. The van der Waals surface area contributed by atoms with Crippen molar-refractivity contribution in [3.63, 3.8) is 0 Å². The van der Waals surface area contributed by atoms with Crippen LogP contribution in [0.2, 0.25) is 0 Å². The van der Waals surface area contributed by atoms with Crippen molar-refractivity contribution in [2.45, 2.75) is 43.5 Å². The van der Waals surface area contributed by atoms with E-state index in [1.807, 2.05) is 30.3 Å². The van der Waals surface area contributed by atoms with Gasteiger partial charge in [0.05, 0.1) is 17.1 Å². The highest BCUT2D eigenvalue weighted by Gasteiger charge is 2.42. The van der Waals surface area contributed by atoms with Crippen LogP contribution in [0.15, 0.2) is 83.8 Å². The standard InChI is InChI=1S/C27H28N2O4S/c1-27(2,3)21-13-15-22(16-14-21)34(32,33)29-23-12-8-7-11-20(23)17-24(29)26(31)28-18-25(30)19-9-5-4-6-10-19/h4-16,24H,17-18H2,1-3H3,(H,28,31)/t24-/m0/s1. The van der Waals surface area contributed by atoms with Crippen LogP contribution in [0.1, 0.15) is 42.3 Å². The number of Topliss-reactive ketones (excluding diaryl/α,β-unsaturated/α-hetero) is 1. The van der Waals surface area contributed by atoms with Crippen molar-refractivity contribution < 1.29 is 18.0 Å². The number of hydrogen-bond acceptors (Lipinski definition) is 4. The lowest BCUT2D eigenvalue weighted by Crippen LogP contribution is -2.49. The summed E-state index contributed by atoms with van der Waals surface area (Å²) in [6.07, 6.45) is 0.237. The molecule has 3 aromatic rings. The maximum Gasteiger partial charge on any atom is 0.265 e. The van der Waals surface area contributed by atoms with Crippen LogP contribution in [-0.2, 0) is 26.7 Å². The molecule has 0 saturated heterocycles. The lowest BCUT2D eigenvalue weighted by Gasteiger charge is -2.27. The zero-order valence-electron chi connectivity index (χ0n) is 19.5. The van der Waals surface area contributed by atoms with Crippen molar-refractivity contribution in [2.24, 2.45) is 0 Å². The predicted octanol–water partition coefficient (Wildman–Crippen LogP) is 4.10. The number of benzene rings is 3. The molecule has 176 valence electrons. The highest BCUT2D eigenvalue weighted by atomic mass is 32.2. The number of anilines is 1. The second-order valence-corrected chi connectivity index (χ2v) is 11.2. The average Bonchev–Trinajstić information content (AvgIpc) is 3.23. The molecule has 0 fully saturated rings. The number of carbonyl (C=O) groups excluding carboxylic acids is 2. The summed E-state index contributed by atoms with van der Waals surface area (Å²) in [5.74, 6) is -0.744. The van der Waals surface area contributed by atoms with Crippen LogP contribution in [0.4, 0.5) is 5.69 Å². The Morgan fingerprint density at radius 2 is 1.53 bits per heavy atom. The van der Waals surface area contributed by atoms with Gasteiger partial charge in [-0.3, -0.25) is 13.9 Å². The van der Waals surface area contributed by atoms with Gasteiger partial charge in [0.2, 0.25) is 5.91 Å². The van der Waals surface area contributed by atoms with Gasteiger partial charge in [0.25, 0.3) is 10.0 Å². The number of nitrogens with zero attached hydrogens (tertiary/aromatic N) is 1. The number of sulfonamides is 1. The van der Waals surface area contributed by atoms with E-state index in [1.54, 1.807) is 48.5 Å². The van der Waals surface area contributed by atoms with Crippen molar-refractivity contribution >= 4 is 27.4 Å². The predicted molar refractivity (Wildman–Crippen MR) is 133 cm³/mol. The third-order valence-corrected chi connectivity index (χ3v) is 7.86. The number of carbonyl (C=O) groups is 2. The van der Waals surface area contributed by atoms with Gasteiger partial charge in [-0.1, -0.05) is 81.4 Å². The summed E-state index contributed by atoms with van der Waals surface area (Å²) in [4.78, 5) is 25.7. The van der Waals surface area contributed by atoms with Crippen LogP contribution >= 0.6 is 0 Å². The van der Waals surface area contributed by atoms with Gasteiger partial charge in [-0.2, -0.15) is 0 Å². The Morgan fingerprint density at radius 1 is 0.912 bits per heavy atom. The maximum atomic E-state index is 13.7. The van der Waals surface area contributed by atoms with Crippen molar-refractivity contribution in [1.29, 1.82) is 0 Å². The number of rotatable bonds is 6. The van der Waals surface area contributed by atoms with E-state index in [1.165, 1.54) is 4.31 Å². The Hall–Kier alpha value is -3.45. The highest BCUT2D eigenvalue weighted by Crippen LogP contribution is 2.37. The van der Waals surface area contributed by atoms with Gasteiger partial charge < -0.3 is 5.32 Å². The van der Waals surface area contributed by atoms with Gasteiger partial charge >= 0.3 is 0 Å². The van der Waals surface area contributed by atoms with Crippen molar-refractivity contribution in [3.05, 3.63) is 95.6 Å². The summed E-state index contributed by atoms with van der Waals surface area (Å²) >= 11 is 0. The molecule has 0 saturated carbocycles. The normalized spacial score (nSPS) is 15.6. The molecule has 1 heterocycles. The van der Waals surface area contributed by atoms with Gasteiger partial charge in [-0.15, -0.1) is 0 Å². The molecular weight excluding hydrogens is 448 g/mol. The molecule has 34 heavy (non-hydrogen) atoms. The molecule has 0 aromatic heterocycles. The van der Waals surface area contributed by atoms with Crippen molar-refractivity contribution in [2.75, 3.05) is 10.8 Å². The van der Waals surface area contributed by atoms with E-state index in [0.717, 1.165) is 11.1 Å². The summed E-state index contributed by atoms with van der Waals surface area (Å²) in [5, 5.41) is 2.65. The SMILES string of the molecule is CC(C)(C)c1ccc(S(=O)(=O)N2c3ccccc3C[C@H]2C(=O)NCC(=O)c2ccccc2)cc1. The lowest BCUT2D eigenvalue weighted by molar-refractivity contribution is -0.121. The second kappa shape index (κ2) is 9.06. The molecule has 0 spiro atoms. The first kappa shape index (κ1) is 23.7. The number of fused-ring (bicyclic) bond motifs is 1. The highest BCUT2D eigenvalue weighted by molar-refractivity contribution is 7.93. The van der Waals surface area contributed by atoms with Crippen molar-refractivity contribution in [3.8, 4) is 0 Å². The van der Waals surface area contributed by atoms with Crippen LogP contribution < -0.4 is 9.62 Å². The van der Waals surface area contributed by atoms with Crippen LogP contribution in [0.5, 0.6) is 0 Å². The molecule has 6 nitrogen and oxygen atoms in total. The first-order valence-corrected chi connectivity index (χ1v) is 12.6. The summed E-state index contributed by atoms with van der Waals surface area (Å²) in [6, 6.07) is 21.6. The molecule has 1 aliphatic rings. The fraction of sp³-hybridized carbons (Fsp3) is 0.259. The Kier molecular flexibility index (Phi) is 6.32. The molecule has 1 N–H and O–H groups in total. The second-order valence-electron chi connectivity index (χ2n) is 9.43. The maximum absolute atomic E-state index is 13.7. The smallest absolute Gasteiger partial charge is 0.265 e. The molecule has 1 aliphatic heterocycles. The third kappa shape index (κ3) is 4.61. The molecule has 0 bridgehead atoms. The molecule has 4 rings (SSSR count). The van der Waals surface area contributed by atoms with Gasteiger partial charge in [-0.25, -0.2) is 8.42 Å². The average molecular weight is 477 g/mol. The number of ketones is 1. The monoisotopic (exact) mass is 476 g/mol. The van der Waals surface area contributed by atoms with Gasteiger partial charge in [0.15, 0.2) is 5.78 Å². The molecule has 7 heteroatoms. The quantitative estimate of drug-likeness (QED) is 0.543. The van der Waals surface area contributed by atoms with E-state index in [0.29, 0.717) is 11.3 Å². The summed E-state index contributed by atoms with van der Waals surface area (Å²) < 4.78 is 28.6. The fourth-order valence-corrected chi connectivity index (χ4v) is 5.76. The fourth-order valence-electron chi connectivity index (χ4n) is 4.11. The van der Waals surface area contributed by atoms with E-state index in [-0.39, 0.29) is 29.1 Å². The van der Waals surface area contributed by atoms with Crippen LogP contribution in [-0.4, -0.2) is 32.7 Å². The number of hydrogen-bond donors (Lipinski definition) is 1. The summed E-state index contributed by atoms with van der Waals surface area (Å²) in [5.41, 5.74) is 2.64. The Labute approximate surface area is 200 Å². The first-order valence-electron chi connectivity index (χ1n) is 11.2. The largest absolute Gasteiger partial charge is 0.347 e.